The summed E-state index contributed by atoms with van der Waals surface area (Å²) >= 11 is 0. The molecular weight excluding hydrogens is 430 g/mol. The smallest absolute Gasteiger partial charge is 0.149 e. The van der Waals surface area contributed by atoms with Gasteiger partial charge in [-0.25, -0.2) is 0 Å². The molecule has 4 aromatic rings. The maximum atomic E-state index is 15.1. The minimum Gasteiger partial charge on any atom is -0.380 e. The molecule has 0 N–H and O–H groups in total. The molecule has 0 aliphatic carbocycles. The van der Waals surface area contributed by atoms with Gasteiger partial charge < -0.3 is 9.30 Å². The Balaban J connectivity index is 1.66. The van der Waals surface area contributed by atoms with E-state index in [1.54, 1.807) is 0 Å². The Morgan fingerprint density at radius 3 is 1.44 bits per heavy atom. The van der Waals surface area contributed by atoms with Gasteiger partial charge in [-0.05, 0) is 18.5 Å². The van der Waals surface area contributed by atoms with Crippen LogP contribution in [0.3, 0.4) is 0 Å². The van der Waals surface area contributed by atoms with Crippen molar-refractivity contribution in [1.82, 2.24) is 0 Å². The fraction of sp³-hybridized carbons (Fsp3) is 0.143. The van der Waals surface area contributed by atoms with Crippen LogP contribution in [0.5, 0.6) is 0 Å². The summed E-state index contributed by atoms with van der Waals surface area (Å²) in [6, 6.07) is 41.4. The molecule has 160 valence electrons. The SMILES string of the molecule is O=P(c1ccccc1)(c1ccccc1)C1COCC1P(c1ccccc1)c1ccccc1. The maximum Gasteiger partial charge on any atom is 0.149 e. The first-order chi connectivity index (χ1) is 15.8. The second kappa shape index (κ2) is 9.55. The lowest BCUT2D eigenvalue weighted by Crippen LogP contribution is -2.36. The van der Waals surface area contributed by atoms with E-state index in [1.807, 2.05) is 60.7 Å². The Morgan fingerprint density at radius 2 is 1.00 bits per heavy atom. The van der Waals surface area contributed by atoms with Gasteiger partial charge >= 0.3 is 0 Å². The van der Waals surface area contributed by atoms with E-state index in [4.69, 9.17) is 4.74 Å². The molecule has 0 amide bonds. The average molecular weight is 456 g/mol. The highest BCUT2D eigenvalue weighted by atomic mass is 31.2. The summed E-state index contributed by atoms with van der Waals surface area (Å²) in [4.78, 5) is 0. The first-order valence-electron chi connectivity index (χ1n) is 11.0. The van der Waals surface area contributed by atoms with Crippen LogP contribution in [0, 0.1) is 0 Å². The van der Waals surface area contributed by atoms with Crippen LogP contribution in [0.15, 0.2) is 121 Å². The van der Waals surface area contributed by atoms with Gasteiger partial charge in [-0.2, -0.15) is 0 Å². The Kier molecular flexibility index (Phi) is 6.37. The van der Waals surface area contributed by atoms with Crippen molar-refractivity contribution < 1.29 is 9.30 Å². The third-order valence-corrected chi connectivity index (χ3v) is 12.9. The largest absolute Gasteiger partial charge is 0.380 e. The van der Waals surface area contributed by atoms with Crippen molar-refractivity contribution in [2.24, 2.45) is 0 Å². The quantitative estimate of drug-likeness (QED) is 0.386. The first kappa shape index (κ1) is 21.4. The van der Waals surface area contributed by atoms with Crippen molar-refractivity contribution in [3.63, 3.8) is 0 Å². The van der Waals surface area contributed by atoms with E-state index in [9.17, 15) is 0 Å². The van der Waals surface area contributed by atoms with Crippen LogP contribution in [0.4, 0.5) is 0 Å². The number of hydrogen-bond donors (Lipinski definition) is 0. The van der Waals surface area contributed by atoms with E-state index in [0.717, 1.165) is 10.6 Å². The highest BCUT2D eigenvalue weighted by Gasteiger charge is 2.48. The molecule has 1 heterocycles. The first-order valence-corrected chi connectivity index (χ1v) is 14.2. The van der Waals surface area contributed by atoms with Gasteiger partial charge in [0.1, 0.15) is 7.14 Å². The summed E-state index contributed by atoms with van der Waals surface area (Å²) < 4.78 is 21.3. The van der Waals surface area contributed by atoms with Crippen molar-refractivity contribution in [2.45, 2.75) is 11.3 Å². The van der Waals surface area contributed by atoms with Crippen LogP contribution < -0.4 is 21.2 Å². The number of hydrogen-bond acceptors (Lipinski definition) is 2. The van der Waals surface area contributed by atoms with Crippen LogP contribution in [-0.4, -0.2) is 24.5 Å². The summed E-state index contributed by atoms with van der Waals surface area (Å²) in [6.45, 7) is 1.15. The van der Waals surface area contributed by atoms with Crippen molar-refractivity contribution in [3.8, 4) is 0 Å². The minimum atomic E-state index is -2.93. The molecule has 4 aromatic carbocycles. The molecule has 1 saturated heterocycles. The molecule has 5 rings (SSSR count). The van der Waals surface area contributed by atoms with Gasteiger partial charge in [0.15, 0.2) is 0 Å². The summed E-state index contributed by atoms with van der Waals surface area (Å²) in [5, 5.41) is 4.45. The highest BCUT2D eigenvalue weighted by Crippen LogP contribution is 2.58. The molecule has 1 fully saturated rings. The monoisotopic (exact) mass is 456 g/mol. The normalized spacial score (nSPS) is 18.7. The standard InChI is InChI=1S/C28H26O2P2/c29-32(25-17-9-3-10-18-25,26-19-11-4-12-20-26)28-22-30-21-27(28)31(23-13-5-1-6-14-23)24-15-7-2-8-16-24/h1-20,27-28H,21-22H2. The van der Waals surface area contributed by atoms with Gasteiger partial charge in [-0.3, -0.25) is 0 Å². The van der Waals surface area contributed by atoms with E-state index < -0.39 is 15.1 Å². The molecule has 2 nitrogen and oxygen atoms in total. The Labute approximate surface area is 191 Å². The topological polar surface area (TPSA) is 26.3 Å². The van der Waals surface area contributed by atoms with Crippen LogP contribution in [0.25, 0.3) is 0 Å². The van der Waals surface area contributed by atoms with Crippen LogP contribution >= 0.6 is 15.1 Å². The van der Waals surface area contributed by atoms with Crippen molar-refractivity contribution in [3.05, 3.63) is 121 Å². The molecule has 32 heavy (non-hydrogen) atoms. The van der Waals surface area contributed by atoms with Crippen LogP contribution in [0.1, 0.15) is 0 Å². The van der Waals surface area contributed by atoms with Gasteiger partial charge in [-0.15, -0.1) is 0 Å². The maximum absolute atomic E-state index is 15.1. The molecule has 0 radical (unpaired) electrons. The zero-order chi connectivity index (χ0) is 21.8. The van der Waals surface area contributed by atoms with E-state index >= 15 is 4.57 Å². The Hall–Kier alpha value is -2.50. The molecular formula is C28H26O2P2. The van der Waals surface area contributed by atoms with Gasteiger partial charge in [0.05, 0.1) is 18.9 Å². The van der Waals surface area contributed by atoms with Gasteiger partial charge in [0, 0.05) is 16.3 Å². The molecule has 0 saturated carbocycles. The fourth-order valence-electron chi connectivity index (χ4n) is 4.67. The van der Waals surface area contributed by atoms with E-state index in [1.165, 1.54) is 10.6 Å². The van der Waals surface area contributed by atoms with E-state index in [-0.39, 0.29) is 11.3 Å². The second-order valence-electron chi connectivity index (χ2n) is 8.04. The van der Waals surface area contributed by atoms with Crippen LogP contribution in [0.2, 0.25) is 0 Å². The molecule has 4 heteroatoms. The summed E-state index contributed by atoms with van der Waals surface area (Å²) in [6.07, 6.45) is 0. The highest BCUT2D eigenvalue weighted by molar-refractivity contribution is 7.81. The molecule has 1 aliphatic heterocycles. The number of rotatable bonds is 6. The van der Waals surface area contributed by atoms with Gasteiger partial charge in [0.2, 0.25) is 0 Å². The molecule has 0 aromatic heterocycles. The van der Waals surface area contributed by atoms with E-state index in [0.29, 0.717) is 13.2 Å². The molecule has 0 spiro atoms. The van der Waals surface area contributed by atoms with Crippen LogP contribution in [-0.2, 0) is 9.30 Å². The molecule has 1 aliphatic rings. The number of ether oxygens (including phenoxy) is 1. The summed E-state index contributed by atoms with van der Waals surface area (Å²) in [7, 11) is -3.66. The number of benzene rings is 4. The minimum absolute atomic E-state index is 0.0705. The fourth-order valence-corrected chi connectivity index (χ4v) is 11.5. The van der Waals surface area contributed by atoms with Crippen molar-refractivity contribution in [1.29, 1.82) is 0 Å². The lowest BCUT2D eigenvalue weighted by Gasteiger charge is -2.34. The summed E-state index contributed by atoms with van der Waals surface area (Å²) in [5.41, 5.74) is 0.0971. The molecule has 0 bridgehead atoms. The van der Waals surface area contributed by atoms with E-state index in [2.05, 4.69) is 60.7 Å². The molecule has 2 unspecified atom stereocenters. The zero-order valence-corrected chi connectivity index (χ0v) is 19.6. The van der Waals surface area contributed by atoms with Gasteiger partial charge in [-0.1, -0.05) is 121 Å². The lowest BCUT2D eigenvalue weighted by atomic mass is 10.3. The van der Waals surface area contributed by atoms with Crippen molar-refractivity contribution in [2.75, 3.05) is 13.2 Å². The average Bonchev–Trinajstić information content (AvgIpc) is 3.36. The predicted molar refractivity (Wildman–Crippen MR) is 137 cm³/mol. The second-order valence-corrected chi connectivity index (χ2v) is 13.5. The predicted octanol–water partition coefficient (Wildman–Crippen LogP) is 4.90. The Bertz CT molecular complexity index is 1100. The molecule has 2 atom stereocenters. The Morgan fingerprint density at radius 1 is 0.594 bits per heavy atom. The summed E-state index contributed by atoms with van der Waals surface area (Å²) in [5.74, 6) is 0. The van der Waals surface area contributed by atoms with Crippen molar-refractivity contribution >= 4 is 36.3 Å². The zero-order valence-electron chi connectivity index (χ0n) is 17.8. The third kappa shape index (κ3) is 4.00. The van der Waals surface area contributed by atoms with Gasteiger partial charge in [0.25, 0.3) is 0 Å². The third-order valence-electron chi connectivity index (χ3n) is 6.17. The lowest BCUT2D eigenvalue weighted by molar-refractivity contribution is 0.199.